The van der Waals surface area contributed by atoms with Crippen LogP contribution in [-0.2, 0) is 4.79 Å². The van der Waals surface area contributed by atoms with Crippen molar-refractivity contribution < 1.29 is 9.90 Å². The zero-order valence-electron chi connectivity index (χ0n) is 7.55. The van der Waals surface area contributed by atoms with Gasteiger partial charge in [-0.2, -0.15) is 0 Å². The first-order valence-electron chi connectivity index (χ1n) is 4.26. The number of hydrogen-bond acceptors (Lipinski definition) is 3. The van der Waals surface area contributed by atoms with E-state index in [0.29, 0.717) is 18.9 Å². The maximum atomic E-state index is 10.3. The van der Waals surface area contributed by atoms with Crippen LogP contribution in [0, 0.1) is 5.92 Å². The van der Waals surface area contributed by atoms with E-state index in [4.69, 9.17) is 10.8 Å². The van der Waals surface area contributed by atoms with Crippen molar-refractivity contribution in [3.63, 3.8) is 0 Å². The van der Waals surface area contributed by atoms with Gasteiger partial charge in [0.1, 0.15) is 0 Å². The van der Waals surface area contributed by atoms with Gasteiger partial charge in [0.25, 0.3) is 0 Å². The molecule has 0 aliphatic rings. The van der Waals surface area contributed by atoms with Crippen LogP contribution in [0.15, 0.2) is 0 Å². The lowest BCUT2D eigenvalue weighted by atomic mass is 10.1. The molecule has 12 heavy (non-hydrogen) atoms. The molecule has 0 bridgehead atoms. The molecule has 1 unspecified atom stereocenters. The number of nitrogens with two attached hydrogens (primary N) is 1. The zero-order valence-corrected chi connectivity index (χ0v) is 7.55. The third kappa shape index (κ3) is 7.50. The van der Waals surface area contributed by atoms with Crippen LogP contribution in [0.3, 0.4) is 0 Å². The van der Waals surface area contributed by atoms with Gasteiger partial charge in [-0.15, -0.1) is 0 Å². The van der Waals surface area contributed by atoms with Crippen LogP contribution in [0.4, 0.5) is 0 Å². The molecular weight excluding hydrogens is 156 g/mol. The molecule has 0 heterocycles. The van der Waals surface area contributed by atoms with Crippen LogP contribution in [-0.4, -0.2) is 30.7 Å². The van der Waals surface area contributed by atoms with Crippen LogP contribution < -0.4 is 11.1 Å². The monoisotopic (exact) mass is 174 g/mol. The third-order valence-electron chi connectivity index (χ3n) is 1.66. The first-order valence-corrected chi connectivity index (χ1v) is 4.26. The standard InChI is InChI=1S/C8H18N2O2/c1-7(3-5-11)6-10-4-2-8(9)12/h7,10-11H,2-6H2,1H3,(H2,9,12). The van der Waals surface area contributed by atoms with Gasteiger partial charge in [-0.05, 0) is 18.9 Å². The van der Waals surface area contributed by atoms with Gasteiger partial charge in [-0.25, -0.2) is 0 Å². The lowest BCUT2D eigenvalue weighted by Crippen LogP contribution is -2.26. The summed E-state index contributed by atoms with van der Waals surface area (Å²) in [5, 5.41) is 11.7. The molecule has 72 valence electrons. The minimum Gasteiger partial charge on any atom is -0.396 e. The Labute approximate surface area is 73.1 Å². The Morgan fingerprint density at radius 2 is 2.33 bits per heavy atom. The highest BCUT2D eigenvalue weighted by Gasteiger charge is 2.00. The van der Waals surface area contributed by atoms with E-state index in [1.54, 1.807) is 0 Å². The van der Waals surface area contributed by atoms with Crippen molar-refractivity contribution >= 4 is 5.91 Å². The summed E-state index contributed by atoms with van der Waals surface area (Å²) in [5.41, 5.74) is 4.95. The van der Waals surface area contributed by atoms with Gasteiger partial charge in [0.2, 0.25) is 5.91 Å². The topological polar surface area (TPSA) is 75.3 Å². The van der Waals surface area contributed by atoms with Gasteiger partial charge in [-0.3, -0.25) is 4.79 Å². The van der Waals surface area contributed by atoms with Crippen molar-refractivity contribution in [3.8, 4) is 0 Å². The Balaban J connectivity index is 3.13. The minimum absolute atomic E-state index is 0.221. The Morgan fingerprint density at radius 3 is 2.83 bits per heavy atom. The molecule has 4 heteroatoms. The third-order valence-corrected chi connectivity index (χ3v) is 1.66. The molecule has 0 radical (unpaired) electrons. The van der Waals surface area contributed by atoms with Crippen molar-refractivity contribution in [1.82, 2.24) is 5.32 Å². The summed E-state index contributed by atoms with van der Waals surface area (Å²) < 4.78 is 0. The van der Waals surface area contributed by atoms with Crippen LogP contribution in [0.5, 0.6) is 0 Å². The van der Waals surface area contributed by atoms with E-state index in [1.165, 1.54) is 0 Å². The lowest BCUT2D eigenvalue weighted by molar-refractivity contribution is -0.117. The fourth-order valence-electron chi connectivity index (χ4n) is 0.882. The van der Waals surface area contributed by atoms with Gasteiger partial charge in [0.15, 0.2) is 0 Å². The average molecular weight is 174 g/mol. The minimum atomic E-state index is -0.280. The SMILES string of the molecule is CC(CCO)CNCCC(N)=O. The molecule has 0 rings (SSSR count). The Bertz CT molecular complexity index is 128. The zero-order chi connectivity index (χ0) is 9.40. The summed E-state index contributed by atoms with van der Waals surface area (Å²) in [7, 11) is 0. The molecule has 0 fully saturated rings. The molecule has 0 aromatic heterocycles. The van der Waals surface area contributed by atoms with Gasteiger partial charge in [0, 0.05) is 19.6 Å². The molecule has 0 saturated carbocycles. The second kappa shape index (κ2) is 7.06. The number of carbonyl (C=O) groups is 1. The molecule has 0 aromatic carbocycles. The molecule has 4 nitrogen and oxygen atoms in total. The molecular formula is C8H18N2O2. The second-order valence-corrected chi connectivity index (χ2v) is 3.04. The van der Waals surface area contributed by atoms with Crippen LogP contribution in [0.25, 0.3) is 0 Å². The van der Waals surface area contributed by atoms with E-state index in [-0.39, 0.29) is 12.5 Å². The molecule has 1 atom stereocenters. The van der Waals surface area contributed by atoms with E-state index in [9.17, 15) is 4.79 Å². The highest BCUT2D eigenvalue weighted by molar-refractivity contribution is 5.73. The van der Waals surface area contributed by atoms with Gasteiger partial charge in [-0.1, -0.05) is 6.92 Å². The lowest BCUT2D eigenvalue weighted by Gasteiger charge is -2.09. The Morgan fingerprint density at radius 1 is 1.67 bits per heavy atom. The molecule has 0 spiro atoms. The van der Waals surface area contributed by atoms with E-state index in [2.05, 4.69) is 5.32 Å². The first kappa shape index (κ1) is 11.4. The second-order valence-electron chi connectivity index (χ2n) is 3.04. The first-order chi connectivity index (χ1) is 5.66. The van der Waals surface area contributed by atoms with Crippen LogP contribution >= 0.6 is 0 Å². The summed E-state index contributed by atoms with van der Waals surface area (Å²) in [6.45, 7) is 3.73. The van der Waals surface area contributed by atoms with Crippen LogP contribution in [0.1, 0.15) is 19.8 Å². The molecule has 0 aliphatic heterocycles. The molecule has 4 N–H and O–H groups in total. The number of aliphatic hydroxyl groups excluding tert-OH is 1. The van der Waals surface area contributed by atoms with Crippen molar-refractivity contribution in [2.75, 3.05) is 19.7 Å². The average Bonchev–Trinajstić information content (AvgIpc) is 1.98. The van der Waals surface area contributed by atoms with Gasteiger partial charge >= 0.3 is 0 Å². The molecule has 0 saturated heterocycles. The normalized spacial score (nSPS) is 12.8. The Kier molecular flexibility index (Phi) is 6.70. The Hall–Kier alpha value is -0.610. The fourth-order valence-corrected chi connectivity index (χ4v) is 0.882. The summed E-state index contributed by atoms with van der Waals surface area (Å²) in [5.74, 6) is 0.167. The van der Waals surface area contributed by atoms with E-state index < -0.39 is 0 Å². The number of hydrogen-bond donors (Lipinski definition) is 3. The number of nitrogens with one attached hydrogen (secondary N) is 1. The van der Waals surface area contributed by atoms with Gasteiger partial charge in [0.05, 0.1) is 0 Å². The highest BCUT2D eigenvalue weighted by atomic mass is 16.3. The predicted molar refractivity (Wildman–Crippen MR) is 47.5 cm³/mol. The summed E-state index contributed by atoms with van der Waals surface area (Å²) in [6, 6.07) is 0. The summed E-state index contributed by atoms with van der Waals surface area (Å²) in [4.78, 5) is 10.3. The smallest absolute Gasteiger partial charge is 0.218 e. The van der Waals surface area contributed by atoms with E-state index in [1.807, 2.05) is 6.92 Å². The summed E-state index contributed by atoms with van der Waals surface area (Å²) in [6.07, 6.45) is 1.18. The number of aliphatic hydroxyl groups is 1. The summed E-state index contributed by atoms with van der Waals surface area (Å²) >= 11 is 0. The predicted octanol–water partition coefficient (Wildman–Crippen LogP) is -0.530. The van der Waals surface area contributed by atoms with Crippen molar-refractivity contribution in [1.29, 1.82) is 0 Å². The molecule has 0 aliphatic carbocycles. The number of rotatable bonds is 7. The van der Waals surface area contributed by atoms with Crippen LogP contribution in [0.2, 0.25) is 0 Å². The molecule has 0 aromatic rings. The van der Waals surface area contributed by atoms with E-state index >= 15 is 0 Å². The quantitative estimate of drug-likeness (QED) is 0.454. The van der Waals surface area contributed by atoms with Crippen molar-refractivity contribution in [3.05, 3.63) is 0 Å². The number of carbonyl (C=O) groups excluding carboxylic acids is 1. The van der Waals surface area contributed by atoms with Crippen molar-refractivity contribution in [2.45, 2.75) is 19.8 Å². The maximum absolute atomic E-state index is 10.3. The molecule has 1 amide bonds. The largest absolute Gasteiger partial charge is 0.396 e. The fraction of sp³-hybridized carbons (Fsp3) is 0.875. The van der Waals surface area contributed by atoms with E-state index in [0.717, 1.165) is 13.0 Å². The number of amides is 1. The van der Waals surface area contributed by atoms with Gasteiger partial charge < -0.3 is 16.2 Å². The highest BCUT2D eigenvalue weighted by Crippen LogP contribution is 1.97. The maximum Gasteiger partial charge on any atom is 0.218 e. The number of primary amides is 1. The van der Waals surface area contributed by atoms with Crippen molar-refractivity contribution in [2.24, 2.45) is 11.7 Å².